The molecule has 1 aliphatic rings. The fraction of sp³-hybridized carbons (Fsp3) is 0.833. The van der Waals surface area contributed by atoms with Gasteiger partial charge in [-0.25, -0.2) is 0 Å². The Hall–Kier alpha value is -1.06. The van der Waals surface area contributed by atoms with Crippen LogP contribution in [0.5, 0.6) is 0 Å². The first kappa shape index (κ1) is 13.0. The highest BCUT2D eigenvalue weighted by Gasteiger charge is 2.38. The summed E-state index contributed by atoms with van der Waals surface area (Å²) in [5.41, 5.74) is 0. The molecule has 1 atom stereocenters. The zero-order valence-electron chi connectivity index (χ0n) is 10.2. The van der Waals surface area contributed by atoms with E-state index < -0.39 is 17.9 Å². The van der Waals surface area contributed by atoms with E-state index >= 15 is 0 Å². The molecule has 4 heteroatoms. The Bertz CT molecular complexity index is 240. The van der Waals surface area contributed by atoms with Gasteiger partial charge >= 0.3 is 11.9 Å². The van der Waals surface area contributed by atoms with Crippen LogP contribution >= 0.6 is 0 Å². The fourth-order valence-corrected chi connectivity index (χ4v) is 2.53. The van der Waals surface area contributed by atoms with E-state index in [1.807, 2.05) is 6.92 Å². The van der Waals surface area contributed by atoms with Crippen molar-refractivity contribution in [3.8, 4) is 0 Å². The summed E-state index contributed by atoms with van der Waals surface area (Å²) in [6.07, 6.45) is 4.55. The Balaban J connectivity index is 2.74. The van der Waals surface area contributed by atoms with E-state index in [1.165, 1.54) is 27.1 Å². The molecule has 0 bridgehead atoms. The summed E-state index contributed by atoms with van der Waals surface area (Å²) in [6.45, 7) is 1.94. The molecular weight excluding hydrogens is 208 g/mol. The van der Waals surface area contributed by atoms with Crippen molar-refractivity contribution in [2.24, 2.45) is 17.8 Å². The summed E-state index contributed by atoms with van der Waals surface area (Å²) in [7, 11) is 2.61. The van der Waals surface area contributed by atoms with Gasteiger partial charge in [0.15, 0.2) is 5.92 Å². The highest BCUT2D eigenvalue weighted by atomic mass is 16.5. The van der Waals surface area contributed by atoms with Gasteiger partial charge in [0.2, 0.25) is 0 Å². The third kappa shape index (κ3) is 2.74. The second-order valence-corrected chi connectivity index (χ2v) is 4.43. The van der Waals surface area contributed by atoms with E-state index in [2.05, 4.69) is 9.47 Å². The highest BCUT2D eigenvalue weighted by molar-refractivity contribution is 5.95. The monoisotopic (exact) mass is 228 g/mol. The van der Waals surface area contributed by atoms with Crippen LogP contribution in [0.25, 0.3) is 0 Å². The van der Waals surface area contributed by atoms with Crippen molar-refractivity contribution in [3.05, 3.63) is 0 Å². The number of methoxy groups -OCH3 is 2. The van der Waals surface area contributed by atoms with E-state index in [0.29, 0.717) is 5.92 Å². The number of carbonyl (C=O) groups excluding carboxylic acids is 2. The van der Waals surface area contributed by atoms with Crippen molar-refractivity contribution in [2.75, 3.05) is 14.2 Å². The molecule has 1 saturated carbocycles. The lowest BCUT2D eigenvalue weighted by Gasteiger charge is -2.24. The smallest absolute Gasteiger partial charge is 0.320 e. The highest BCUT2D eigenvalue weighted by Crippen LogP contribution is 2.35. The van der Waals surface area contributed by atoms with Crippen molar-refractivity contribution in [2.45, 2.75) is 32.6 Å². The molecule has 0 spiro atoms. The van der Waals surface area contributed by atoms with Gasteiger partial charge in [0.1, 0.15) is 0 Å². The Morgan fingerprint density at radius 2 is 1.50 bits per heavy atom. The number of rotatable bonds is 4. The minimum atomic E-state index is -0.766. The van der Waals surface area contributed by atoms with Crippen LogP contribution in [0, 0.1) is 17.8 Å². The normalized spacial score (nSPS) is 18.5. The Morgan fingerprint density at radius 3 is 1.88 bits per heavy atom. The van der Waals surface area contributed by atoms with Crippen LogP contribution in [-0.2, 0) is 19.1 Å². The summed E-state index contributed by atoms with van der Waals surface area (Å²) >= 11 is 0. The summed E-state index contributed by atoms with van der Waals surface area (Å²) in [5.74, 6) is -1.29. The summed E-state index contributed by atoms with van der Waals surface area (Å²) in [6, 6.07) is 0. The van der Waals surface area contributed by atoms with Gasteiger partial charge in [-0.2, -0.15) is 0 Å². The van der Waals surface area contributed by atoms with E-state index in [0.717, 1.165) is 12.8 Å². The number of hydrogen-bond acceptors (Lipinski definition) is 4. The van der Waals surface area contributed by atoms with Crippen LogP contribution < -0.4 is 0 Å². The van der Waals surface area contributed by atoms with Gasteiger partial charge in [-0.3, -0.25) is 9.59 Å². The average molecular weight is 228 g/mol. The first-order valence-corrected chi connectivity index (χ1v) is 5.77. The van der Waals surface area contributed by atoms with Crippen LogP contribution in [0.2, 0.25) is 0 Å². The zero-order valence-corrected chi connectivity index (χ0v) is 10.2. The molecule has 0 amide bonds. The molecular formula is C12H20O4. The van der Waals surface area contributed by atoms with Crippen LogP contribution in [-0.4, -0.2) is 26.2 Å². The predicted octanol–water partition coefficient (Wildman–Crippen LogP) is 1.77. The molecule has 0 aromatic heterocycles. The van der Waals surface area contributed by atoms with Crippen molar-refractivity contribution in [3.63, 3.8) is 0 Å². The molecule has 92 valence electrons. The van der Waals surface area contributed by atoms with Gasteiger partial charge in [-0.1, -0.05) is 32.6 Å². The number of carbonyl (C=O) groups is 2. The zero-order chi connectivity index (χ0) is 12.1. The SMILES string of the molecule is COC(=O)C(C(=O)OC)C(C)C1CCCC1. The molecule has 0 aromatic rings. The van der Waals surface area contributed by atoms with Gasteiger partial charge in [0.25, 0.3) is 0 Å². The molecule has 0 aromatic carbocycles. The third-order valence-corrected chi connectivity index (χ3v) is 3.58. The molecule has 1 fully saturated rings. The number of ether oxygens (including phenoxy) is 2. The topological polar surface area (TPSA) is 52.6 Å². The van der Waals surface area contributed by atoms with Crippen molar-refractivity contribution in [1.82, 2.24) is 0 Å². The molecule has 0 heterocycles. The Labute approximate surface area is 96.3 Å². The lowest BCUT2D eigenvalue weighted by atomic mass is 9.82. The van der Waals surface area contributed by atoms with Crippen LogP contribution in [0.3, 0.4) is 0 Å². The minimum Gasteiger partial charge on any atom is -0.468 e. The molecule has 0 aliphatic heterocycles. The summed E-state index contributed by atoms with van der Waals surface area (Å²) in [4.78, 5) is 23.2. The maximum absolute atomic E-state index is 11.6. The standard InChI is InChI=1S/C12H20O4/c1-8(9-6-4-5-7-9)10(11(13)15-2)12(14)16-3/h8-10H,4-7H2,1-3H3. The average Bonchev–Trinajstić information content (AvgIpc) is 2.81. The van der Waals surface area contributed by atoms with E-state index in [9.17, 15) is 9.59 Å². The van der Waals surface area contributed by atoms with Crippen LogP contribution in [0.1, 0.15) is 32.6 Å². The van der Waals surface area contributed by atoms with Crippen molar-refractivity contribution in [1.29, 1.82) is 0 Å². The van der Waals surface area contributed by atoms with E-state index in [1.54, 1.807) is 0 Å². The molecule has 0 radical (unpaired) electrons. The van der Waals surface area contributed by atoms with Gasteiger partial charge in [-0.05, 0) is 11.8 Å². The maximum atomic E-state index is 11.6. The van der Waals surface area contributed by atoms with Gasteiger partial charge in [0.05, 0.1) is 14.2 Å². The molecule has 0 saturated heterocycles. The first-order valence-electron chi connectivity index (χ1n) is 5.77. The second kappa shape index (κ2) is 5.87. The third-order valence-electron chi connectivity index (χ3n) is 3.58. The summed E-state index contributed by atoms with van der Waals surface area (Å²) < 4.78 is 9.35. The Morgan fingerprint density at radius 1 is 1.06 bits per heavy atom. The molecule has 1 aliphatic carbocycles. The summed E-state index contributed by atoms with van der Waals surface area (Å²) in [5, 5.41) is 0. The lowest BCUT2D eigenvalue weighted by Crippen LogP contribution is -2.35. The minimum absolute atomic E-state index is 0.00222. The van der Waals surface area contributed by atoms with Gasteiger partial charge in [0, 0.05) is 0 Å². The van der Waals surface area contributed by atoms with E-state index in [4.69, 9.17) is 0 Å². The fourth-order valence-electron chi connectivity index (χ4n) is 2.53. The molecule has 1 rings (SSSR count). The van der Waals surface area contributed by atoms with Crippen molar-refractivity contribution < 1.29 is 19.1 Å². The van der Waals surface area contributed by atoms with Crippen LogP contribution in [0.4, 0.5) is 0 Å². The Kier molecular flexibility index (Phi) is 4.77. The molecule has 0 N–H and O–H groups in total. The molecule has 4 nitrogen and oxygen atoms in total. The number of esters is 2. The predicted molar refractivity (Wildman–Crippen MR) is 58.6 cm³/mol. The second-order valence-electron chi connectivity index (χ2n) is 4.43. The number of hydrogen-bond donors (Lipinski definition) is 0. The maximum Gasteiger partial charge on any atom is 0.320 e. The first-order chi connectivity index (χ1) is 7.61. The molecule has 1 unspecified atom stereocenters. The van der Waals surface area contributed by atoms with Crippen molar-refractivity contribution >= 4 is 11.9 Å². The van der Waals surface area contributed by atoms with E-state index in [-0.39, 0.29) is 5.92 Å². The van der Waals surface area contributed by atoms with Crippen LogP contribution in [0.15, 0.2) is 0 Å². The molecule has 16 heavy (non-hydrogen) atoms. The quantitative estimate of drug-likeness (QED) is 0.543. The lowest BCUT2D eigenvalue weighted by molar-refractivity contribution is -0.162. The largest absolute Gasteiger partial charge is 0.468 e. The van der Waals surface area contributed by atoms with Gasteiger partial charge in [-0.15, -0.1) is 0 Å². The van der Waals surface area contributed by atoms with Gasteiger partial charge < -0.3 is 9.47 Å².